The molecule has 1 aliphatic rings. The number of aromatic amines is 1. The monoisotopic (exact) mass is 232 g/mol. The normalized spacial score (nSPS) is 18.9. The number of rotatable bonds is 2. The van der Waals surface area contributed by atoms with Crippen LogP contribution in [0.3, 0.4) is 0 Å². The summed E-state index contributed by atoms with van der Waals surface area (Å²) in [5, 5.41) is 0. The van der Waals surface area contributed by atoms with Gasteiger partial charge in [-0.15, -0.1) is 0 Å². The van der Waals surface area contributed by atoms with Crippen molar-refractivity contribution in [2.45, 2.75) is 37.6 Å². The zero-order valence-corrected chi connectivity index (χ0v) is 9.61. The Hall–Kier alpha value is -1.69. The van der Waals surface area contributed by atoms with Gasteiger partial charge in [-0.1, -0.05) is 12.8 Å². The fourth-order valence-electron chi connectivity index (χ4n) is 2.57. The summed E-state index contributed by atoms with van der Waals surface area (Å²) < 4.78 is 0. The molecule has 2 aromatic heterocycles. The van der Waals surface area contributed by atoms with Crippen molar-refractivity contribution in [3.63, 3.8) is 0 Å². The van der Waals surface area contributed by atoms with E-state index in [-0.39, 0.29) is 5.54 Å². The third-order valence-corrected chi connectivity index (χ3v) is 3.49. The number of aromatic nitrogens is 4. The highest BCUT2D eigenvalue weighted by atomic mass is 15.0. The number of anilines is 1. The lowest BCUT2D eigenvalue weighted by atomic mass is 9.94. The molecule has 1 aliphatic carbocycles. The topological polar surface area (TPSA) is 106 Å². The number of nitrogen functional groups attached to an aromatic ring is 1. The van der Waals surface area contributed by atoms with Crippen molar-refractivity contribution in [1.29, 1.82) is 0 Å². The standard InChI is InChI=1S/C11H16N6/c12-9-8-10(15-6-14-9)17-7(16-8)5-11(13)3-1-2-4-11/h6H,1-5,13H2,(H3,12,14,15,16,17). The van der Waals surface area contributed by atoms with E-state index in [1.807, 2.05) is 0 Å². The third kappa shape index (κ3) is 1.84. The Morgan fingerprint density at radius 3 is 2.76 bits per heavy atom. The second-order valence-corrected chi connectivity index (χ2v) is 4.89. The van der Waals surface area contributed by atoms with Crippen LogP contribution >= 0.6 is 0 Å². The van der Waals surface area contributed by atoms with Gasteiger partial charge in [0.05, 0.1) is 0 Å². The van der Waals surface area contributed by atoms with Crippen molar-refractivity contribution in [2.75, 3.05) is 5.73 Å². The quantitative estimate of drug-likeness (QED) is 0.708. The number of nitrogens with one attached hydrogen (secondary N) is 1. The molecular formula is C11H16N6. The number of imidazole rings is 1. The largest absolute Gasteiger partial charge is 0.382 e. The zero-order valence-electron chi connectivity index (χ0n) is 9.61. The van der Waals surface area contributed by atoms with E-state index in [4.69, 9.17) is 11.5 Å². The van der Waals surface area contributed by atoms with Crippen LogP contribution in [0.15, 0.2) is 6.33 Å². The van der Waals surface area contributed by atoms with Crippen molar-refractivity contribution >= 4 is 17.0 Å². The van der Waals surface area contributed by atoms with Gasteiger partial charge in [-0.05, 0) is 12.8 Å². The molecule has 0 unspecified atom stereocenters. The minimum Gasteiger partial charge on any atom is -0.382 e. The molecule has 2 aromatic rings. The molecule has 1 saturated carbocycles. The van der Waals surface area contributed by atoms with Crippen molar-refractivity contribution < 1.29 is 0 Å². The fraction of sp³-hybridized carbons (Fsp3) is 0.545. The molecule has 0 saturated heterocycles. The van der Waals surface area contributed by atoms with Gasteiger partial charge in [0.1, 0.15) is 17.7 Å². The lowest BCUT2D eigenvalue weighted by molar-refractivity contribution is 0.428. The number of H-pyrrole nitrogens is 1. The molecule has 5 N–H and O–H groups in total. The van der Waals surface area contributed by atoms with E-state index >= 15 is 0 Å². The van der Waals surface area contributed by atoms with E-state index in [2.05, 4.69) is 19.9 Å². The van der Waals surface area contributed by atoms with Crippen molar-refractivity contribution in [2.24, 2.45) is 5.73 Å². The molecule has 0 spiro atoms. The Morgan fingerprint density at radius 2 is 2.06 bits per heavy atom. The van der Waals surface area contributed by atoms with Gasteiger partial charge in [0.25, 0.3) is 0 Å². The molecule has 17 heavy (non-hydrogen) atoms. The highest BCUT2D eigenvalue weighted by Crippen LogP contribution is 2.30. The molecule has 90 valence electrons. The highest BCUT2D eigenvalue weighted by Gasteiger charge is 2.30. The SMILES string of the molecule is Nc1ncnc2nc(CC3(N)CCCC3)[nH]c12. The summed E-state index contributed by atoms with van der Waals surface area (Å²) in [6.45, 7) is 0. The Balaban J connectivity index is 1.93. The van der Waals surface area contributed by atoms with Crippen LogP contribution in [0.25, 0.3) is 11.2 Å². The van der Waals surface area contributed by atoms with Crippen LogP contribution in [-0.2, 0) is 6.42 Å². The molecule has 0 radical (unpaired) electrons. The van der Waals surface area contributed by atoms with Gasteiger partial charge in [-0.2, -0.15) is 0 Å². The van der Waals surface area contributed by atoms with Crippen molar-refractivity contribution in [3.8, 4) is 0 Å². The van der Waals surface area contributed by atoms with E-state index in [1.165, 1.54) is 19.2 Å². The summed E-state index contributed by atoms with van der Waals surface area (Å²) in [6.07, 6.45) is 6.71. The lowest BCUT2D eigenvalue weighted by Gasteiger charge is -2.21. The van der Waals surface area contributed by atoms with E-state index in [0.29, 0.717) is 17.0 Å². The number of hydrogen-bond donors (Lipinski definition) is 3. The van der Waals surface area contributed by atoms with Gasteiger partial charge >= 0.3 is 0 Å². The molecule has 1 fully saturated rings. The Bertz CT molecular complexity index is 540. The molecule has 0 bridgehead atoms. The molecule has 0 atom stereocenters. The first-order valence-corrected chi connectivity index (χ1v) is 5.90. The summed E-state index contributed by atoms with van der Waals surface area (Å²) in [5.41, 5.74) is 13.3. The zero-order chi connectivity index (χ0) is 11.9. The Morgan fingerprint density at radius 1 is 1.29 bits per heavy atom. The minimum absolute atomic E-state index is 0.115. The predicted molar refractivity (Wildman–Crippen MR) is 65.2 cm³/mol. The summed E-state index contributed by atoms with van der Waals surface area (Å²) in [7, 11) is 0. The van der Waals surface area contributed by atoms with E-state index < -0.39 is 0 Å². The van der Waals surface area contributed by atoms with Gasteiger partial charge in [0, 0.05) is 12.0 Å². The van der Waals surface area contributed by atoms with Gasteiger partial charge < -0.3 is 16.5 Å². The number of hydrogen-bond acceptors (Lipinski definition) is 5. The van der Waals surface area contributed by atoms with Crippen LogP contribution < -0.4 is 11.5 Å². The number of nitrogens with two attached hydrogens (primary N) is 2. The van der Waals surface area contributed by atoms with Gasteiger partial charge in [-0.25, -0.2) is 15.0 Å². The minimum atomic E-state index is -0.115. The maximum absolute atomic E-state index is 6.32. The molecule has 6 heteroatoms. The lowest BCUT2D eigenvalue weighted by Crippen LogP contribution is -2.39. The maximum atomic E-state index is 6.32. The van der Waals surface area contributed by atoms with Crippen LogP contribution in [0.5, 0.6) is 0 Å². The van der Waals surface area contributed by atoms with Crippen LogP contribution in [0.1, 0.15) is 31.5 Å². The second-order valence-electron chi connectivity index (χ2n) is 4.89. The molecule has 2 heterocycles. The highest BCUT2D eigenvalue weighted by molar-refractivity contribution is 5.80. The molecular weight excluding hydrogens is 216 g/mol. The first kappa shape index (κ1) is 10.5. The van der Waals surface area contributed by atoms with Crippen molar-refractivity contribution in [3.05, 3.63) is 12.2 Å². The maximum Gasteiger partial charge on any atom is 0.183 e. The predicted octanol–water partition coefficient (Wildman–Crippen LogP) is 0.749. The molecule has 0 aromatic carbocycles. The summed E-state index contributed by atoms with van der Waals surface area (Å²) in [4.78, 5) is 15.6. The second kappa shape index (κ2) is 3.66. The van der Waals surface area contributed by atoms with Gasteiger partial charge in [0.15, 0.2) is 11.5 Å². The van der Waals surface area contributed by atoms with E-state index in [0.717, 1.165) is 25.1 Å². The first-order valence-electron chi connectivity index (χ1n) is 5.90. The van der Waals surface area contributed by atoms with Crippen molar-refractivity contribution in [1.82, 2.24) is 19.9 Å². The molecule has 3 rings (SSSR count). The van der Waals surface area contributed by atoms with Gasteiger partial charge in [-0.3, -0.25) is 0 Å². The van der Waals surface area contributed by atoms with Crippen LogP contribution in [0.2, 0.25) is 0 Å². The third-order valence-electron chi connectivity index (χ3n) is 3.49. The number of nitrogens with zero attached hydrogens (tertiary/aromatic N) is 3. The summed E-state index contributed by atoms with van der Waals surface area (Å²) in [6, 6.07) is 0. The fourth-order valence-corrected chi connectivity index (χ4v) is 2.57. The molecule has 0 amide bonds. The van der Waals surface area contributed by atoms with Crippen LogP contribution in [-0.4, -0.2) is 25.5 Å². The molecule has 0 aliphatic heterocycles. The summed E-state index contributed by atoms with van der Waals surface area (Å²) in [5.74, 6) is 1.29. The number of fused-ring (bicyclic) bond motifs is 1. The Labute approximate surface area is 98.8 Å². The van der Waals surface area contributed by atoms with Crippen LogP contribution in [0.4, 0.5) is 5.82 Å². The smallest absolute Gasteiger partial charge is 0.183 e. The summed E-state index contributed by atoms with van der Waals surface area (Å²) >= 11 is 0. The van der Waals surface area contributed by atoms with E-state index in [9.17, 15) is 0 Å². The average molecular weight is 232 g/mol. The Kier molecular flexibility index (Phi) is 2.25. The average Bonchev–Trinajstić information content (AvgIpc) is 2.86. The van der Waals surface area contributed by atoms with Crippen LogP contribution in [0, 0.1) is 0 Å². The molecule has 6 nitrogen and oxygen atoms in total. The van der Waals surface area contributed by atoms with Gasteiger partial charge in [0.2, 0.25) is 0 Å². The van der Waals surface area contributed by atoms with E-state index in [1.54, 1.807) is 0 Å². The first-order chi connectivity index (χ1) is 8.16.